The molecule has 6 heteroatoms. The fourth-order valence-corrected chi connectivity index (χ4v) is 4.74. The summed E-state index contributed by atoms with van der Waals surface area (Å²) in [4.78, 5) is 15.6. The zero-order chi connectivity index (χ0) is 25.1. The number of methoxy groups -OCH3 is 1. The lowest BCUT2D eigenvalue weighted by atomic mass is 9.95. The van der Waals surface area contributed by atoms with E-state index in [1.54, 1.807) is 7.11 Å². The second-order valence-corrected chi connectivity index (χ2v) is 9.15. The van der Waals surface area contributed by atoms with E-state index >= 15 is 0 Å². The van der Waals surface area contributed by atoms with Crippen LogP contribution in [0.4, 0.5) is 0 Å². The summed E-state index contributed by atoms with van der Waals surface area (Å²) in [6, 6.07) is 24.1. The lowest BCUT2D eigenvalue weighted by Gasteiger charge is -2.27. The van der Waals surface area contributed by atoms with Gasteiger partial charge in [0.25, 0.3) is 5.91 Å². The maximum Gasteiger partial charge on any atom is 0.273 e. The Morgan fingerprint density at radius 3 is 2.50 bits per heavy atom. The minimum Gasteiger partial charge on any atom is -0.497 e. The highest BCUT2D eigenvalue weighted by molar-refractivity contribution is 6.00. The van der Waals surface area contributed by atoms with Gasteiger partial charge in [-0.3, -0.25) is 9.89 Å². The number of aromatic nitrogens is 2. The van der Waals surface area contributed by atoms with Crippen LogP contribution in [0.1, 0.15) is 52.1 Å². The first kappa shape index (κ1) is 23.7. The molecule has 0 aliphatic carbocycles. The van der Waals surface area contributed by atoms with Gasteiger partial charge in [0, 0.05) is 17.7 Å². The molecule has 5 rings (SSSR count). The number of nitrogens with zero attached hydrogens (tertiary/aromatic N) is 2. The van der Waals surface area contributed by atoms with Gasteiger partial charge in [0.2, 0.25) is 0 Å². The van der Waals surface area contributed by atoms with Crippen LogP contribution >= 0.6 is 0 Å². The van der Waals surface area contributed by atoms with Gasteiger partial charge in [0.15, 0.2) is 0 Å². The van der Waals surface area contributed by atoms with E-state index < -0.39 is 0 Å². The number of carbonyl (C=O) groups is 1. The first-order valence-corrected chi connectivity index (χ1v) is 12.4. The predicted molar refractivity (Wildman–Crippen MR) is 141 cm³/mol. The molecule has 1 unspecified atom stereocenters. The van der Waals surface area contributed by atoms with Gasteiger partial charge < -0.3 is 14.4 Å². The summed E-state index contributed by atoms with van der Waals surface area (Å²) in [7, 11) is 1.66. The zero-order valence-corrected chi connectivity index (χ0v) is 21.0. The second kappa shape index (κ2) is 10.3. The molecular formula is C30H31N3O3. The van der Waals surface area contributed by atoms with Crippen LogP contribution in [0.25, 0.3) is 11.3 Å². The van der Waals surface area contributed by atoms with Gasteiger partial charge >= 0.3 is 0 Å². The third-order valence-electron chi connectivity index (χ3n) is 6.64. The highest BCUT2D eigenvalue weighted by Crippen LogP contribution is 2.43. The summed E-state index contributed by atoms with van der Waals surface area (Å²) < 4.78 is 11.2. The van der Waals surface area contributed by atoms with Gasteiger partial charge in [-0.05, 0) is 55.2 Å². The van der Waals surface area contributed by atoms with Crippen LogP contribution in [0.15, 0.2) is 72.8 Å². The number of benzene rings is 3. The third kappa shape index (κ3) is 4.59. The summed E-state index contributed by atoms with van der Waals surface area (Å²) >= 11 is 0. The van der Waals surface area contributed by atoms with E-state index in [2.05, 4.69) is 60.4 Å². The summed E-state index contributed by atoms with van der Waals surface area (Å²) in [6.45, 7) is 5.38. The van der Waals surface area contributed by atoms with Crippen LogP contribution in [0.3, 0.4) is 0 Å². The molecule has 1 aliphatic rings. The number of hydrogen-bond acceptors (Lipinski definition) is 4. The summed E-state index contributed by atoms with van der Waals surface area (Å²) in [5, 5.41) is 7.64. The van der Waals surface area contributed by atoms with Crippen molar-refractivity contribution in [3.63, 3.8) is 0 Å². The van der Waals surface area contributed by atoms with Crippen LogP contribution in [-0.2, 0) is 6.42 Å². The molecule has 0 spiro atoms. The largest absolute Gasteiger partial charge is 0.497 e. The van der Waals surface area contributed by atoms with Crippen molar-refractivity contribution in [1.29, 1.82) is 0 Å². The smallest absolute Gasteiger partial charge is 0.273 e. The van der Waals surface area contributed by atoms with Crippen molar-refractivity contribution in [3.8, 4) is 22.8 Å². The number of nitrogens with one attached hydrogen (secondary N) is 1. The standard InChI is InChI=1S/C30H31N3O3/c1-4-18-36-25-7-5-6-23(19-25)29-26-27(22-12-8-20(2)9-13-22)31-32-28(26)30(34)33(29)17-16-21-10-14-24(35-3)15-11-21/h5-15,19,29H,4,16-18H2,1-3H3,(H,31,32). The summed E-state index contributed by atoms with van der Waals surface area (Å²) in [5.74, 6) is 1.60. The molecule has 0 bridgehead atoms. The van der Waals surface area contributed by atoms with Crippen LogP contribution in [0.5, 0.6) is 11.5 Å². The lowest BCUT2D eigenvalue weighted by Crippen LogP contribution is -2.31. The number of rotatable bonds is 9. The first-order valence-electron chi connectivity index (χ1n) is 12.4. The average molecular weight is 482 g/mol. The molecule has 3 aromatic carbocycles. The van der Waals surface area contributed by atoms with E-state index in [-0.39, 0.29) is 11.9 Å². The molecule has 0 radical (unpaired) electrons. The maximum atomic E-state index is 13.7. The van der Waals surface area contributed by atoms with Crippen molar-refractivity contribution < 1.29 is 14.3 Å². The van der Waals surface area contributed by atoms with E-state index in [4.69, 9.17) is 9.47 Å². The third-order valence-corrected chi connectivity index (χ3v) is 6.64. The number of fused-ring (bicyclic) bond motifs is 1. The predicted octanol–water partition coefficient (Wildman–Crippen LogP) is 5.97. The number of carbonyl (C=O) groups excluding carboxylic acids is 1. The SMILES string of the molecule is CCCOc1cccc(C2c3c(-c4ccc(C)cc4)n[nH]c3C(=O)N2CCc2ccc(OC)cc2)c1. The van der Waals surface area contributed by atoms with Gasteiger partial charge in [0.1, 0.15) is 17.2 Å². The molecule has 1 atom stereocenters. The number of aryl methyl sites for hydroxylation is 1. The van der Waals surface area contributed by atoms with E-state index in [0.29, 0.717) is 18.8 Å². The van der Waals surface area contributed by atoms with Crippen molar-refractivity contribution in [2.45, 2.75) is 32.7 Å². The minimum atomic E-state index is -0.258. The Morgan fingerprint density at radius 1 is 1.00 bits per heavy atom. The topological polar surface area (TPSA) is 67.5 Å². The van der Waals surface area contributed by atoms with Gasteiger partial charge in [-0.2, -0.15) is 5.10 Å². The van der Waals surface area contributed by atoms with Crippen molar-refractivity contribution in [2.24, 2.45) is 0 Å². The minimum absolute atomic E-state index is 0.0331. The zero-order valence-electron chi connectivity index (χ0n) is 21.0. The molecule has 0 saturated heterocycles. The molecule has 2 heterocycles. The number of H-pyrrole nitrogens is 1. The normalized spacial score (nSPS) is 14.7. The van der Waals surface area contributed by atoms with Gasteiger partial charge in [-0.1, -0.05) is 61.0 Å². The fraction of sp³-hybridized carbons (Fsp3) is 0.267. The van der Waals surface area contributed by atoms with Crippen LogP contribution < -0.4 is 9.47 Å². The Balaban J connectivity index is 1.53. The lowest BCUT2D eigenvalue weighted by molar-refractivity contribution is 0.0745. The quantitative estimate of drug-likeness (QED) is 0.320. The number of ether oxygens (including phenoxy) is 2. The van der Waals surface area contributed by atoms with Gasteiger partial charge in [-0.25, -0.2) is 0 Å². The highest BCUT2D eigenvalue weighted by atomic mass is 16.5. The number of amides is 1. The molecule has 1 aliphatic heterocycles. The van der Waals surface area contributed by atoms with E-state index in [0.717, 1.165) is 52.3 Å². The molecule has 0 fully saturated rings. The molecule has 1 N–H and O–H groups in total. The number of aromatic amines is 1. The van der Waals surface area contributed by atoms with Crippen LogP contribution in [0, 0.1) is 6.92 Å². The molecule has 4 aromatic rings. The van der Waals surface area contributed by atoms with E-state index in [9.17, 15) is 4.79 Å². The Labute approximate surface area is 211 Å². The maximum absolute atomic E-state index is 13.7. The number of hydrogen-bond donors (Lipinski definition) is 1. The molecule has 1 aromatic heterocycles. The molecule has 184 valence electrons. The second-order valence-electron chi connectivity index (χ2n) is 9.15. The van der Waals surface area contributed by atoms with Gasteiger partial charge in [0.05, 0.1) is 25.5 Å². The average Bonchev–Trinajstić information content (AvgIpc) is 3.46. The van der Waals surface area contributed by atoms with Gasteiger partial charge in [-0.15, -0.1) is 0 Å². The van der Waals surface area contributed by atoms with Crippen molar-refractivity contribution in [3.05, 3.63) is 101 Å². The van der Waals surface area contributed by atoms with Crippen LogP contribution in [-0.4, -0.2) is 41.3 Å². The molecule has 1 amide bonds. The Kier molecular flexibility index (Phi) is 6.76. The molecule has 36 heavy (non-hydrogen) atoms. The van der Waals surface area contributed by atoms with E-state index in [1.807, 2.05) is 41.3 Å². The Morgan fingerprint density at radius 2 is 1.78 bits per heavy atom. The van der Waals surface area contributed by atoms with Crippen molar-refractivity contribution in [2.75, 3.05) is 20.3 Å². The Hall–Kier alpha value is -4.06. The fourth-order valence-electron chi connectivity index (χ4n) is 4.74. The van der Waals surface area contributed by atoms with Crippen molar-refractivity contribution >= 4 is 5.91 Å². The van der Waals surface area contributed by atoms with E-state index in [1.165, 1.54) is 5.56 Å². The Bertz CT molecular complexity index is 1340. The van der Waals surface area contributed by atoms with Crippen molar-refractivity contribution in [1.82, 2.24) is 15.1 Å². The van der Waals surface area contributed by atoms with Crippen LogP contribution in [0.2, 0.25) is 0 Å². The highest BCUT2D eigenvalue weighted by Gasteiger charge is 2.42. The molecular weight excluding hydrogens is 450 g/mol. The summed E-state index contributed by atoms with van der Waals surface area (Å²) in [6.07, 6.45) is 1.67. The summed E-state index contributed by atoms with van der Waals surface area (Å²) in [5.41, 5.74) is 6.63. The molecule has 0 saturated carbocycles. The molecule has 6 nitrogen and oxygen atoms in total. The first-order chi connectivity index (χ1) is 17.6. The monoisotopic (exact) mass is 481 g/mol.